The van der Waals surface area contributed by atoms with Crippen LogP contribution in [-0.4, -0.2) is 68.7 Å². The number of methoxy groups -OCH3 is 1. The fraction of sp³-hybridized carbons (Fsp3) is 0.171. The number of aromatic amines is 2. The van der Waals surface area contributed by atoms with Crippen molar-refractivity contribution >= 4 is 40.2 Å². The zero-order chi connectivity index (χ0) is 36.9. The minimum Gasteiger partial charge on any atom is -0.485 e. The van der Waals surface area contributed by atoms with E-state index in [0.717, 1.165) is 0 Å². The molecule has 0 spiro atoms. The Morgan fingerprint density at radius 1 is 1.04 bits per heavy atom. The molecular formula is C35H31F3N8O6. The summed E-state index contributed by atoms with van der Waals surface area (Å²) >= 11 is 0. The molecule has 0 aliphatic heterocycles. The molecule has 0 saturated heterocycles. The van der Waals surface area contributed by atoms with Gasteiger partial charge in [0.25, 0.3) is 6.43 Å². The molecule has 268 valence electrons. The zero-order valence-corrected chi connectivity index (χ0v) is 27.6. The molecule has 0 radical (unpaired) electrons. The van der Waals surface area contributed by atoms with Crippen LogP contribution in [0.15, 0.2) is 79.4 Å². The molecule has 3 aromatic carbocycles. The summed E-state index contributed by atoms with van der Waals surface area (Å²) in [5, 5.41) is 9.73. The Bertz CT molecular complexity index is 2250. The molecule has 6 aromatic rings. The number of alkyl halides is 2. The van der Waals surface area contributed by atoms with Crippen LogP contribution in [0.5, 0.6) is 17.2 Å². The number of amides is 2. The predicted molar refractivity (Wildman–Crippen MR) is 183 cm³/mol. The molecule has 0 aliphatic rings. The molecule has 6 rings (SSSR count). The van der Waals surface area contributed by atoms with Gasteiger partial charge in [0.2, 0.25) is 5.78 Å². The second-order valence-corrected chi connectivity index (χ2v) is 11.4. The third-order valence-corrected chi connectivity index (χ3v) is 7.86. The largest absolute Gasteiger partial charge is 0.485 e. The van der Waals surface area contributed by atoms with Gasteiger partial charge in [0.05, 0.1) is 42.3 Å². The van der Waals surface area contributed by atoms with Crippen LogP contribution in [0.2, 0.25) is 0 Å². The number of nitrogens with two attached hydrogens (primary N) is 1. The van der Waals surface area contributed by atoms with E-state index in [2.05, 4.69) is 30.7 Å². The van der Waals surface area contributed by atoms with Gasteiger partial charge in [0, 0.05) is 29.2 Å². The number of ketones is 1. The first-order valence-corrected chi connectivity index (χ1v) is 15.6. The summed E-state index contributed by atoms with van der Waals surface area (Å²) in [5.74, 6) is -1.41. The molecule has 14 nitrogen and oxygen atoms in total. The molecule has 0 unspecified atom stereocenters. The standard InChI is InChI=1S/C35H31F3N8O6/c1-18-9-21(52-29-6-4-3-5-23(29)36)7-8-28(18)46-33(39)22(15-42-46)32(47)26-10-19-11-30(51-16-31(37)38)25(13-24(19)43-26)44-35(49)45-27(34(48)50-2)12-20-14-40-17-41-20/h3-11,13-15,17,27,31,43H,12,16,39H2,1-2H3,(H,40,41)(H2,44,45,49)/t27-/m1/s1. The number of nitrogens with zero attached hydrogens (tertiary/aromatic N) is 3. The van der Waals surface area contributed by atoms with E-state index < -0.39 is 42.7 Å². The van der Waals surface area contributed by atoms with Gasteiger partial charge in [-0.2, -0.15) is 5.10 Å². The number of fused-ring (bicyclic) bond motifs is 1. The van der Waals surface area contributed by atoms with Crippen LogP contribution in [0.4, 0.5) is 29.5 Å². The summed E-state index contributed by atoms with van der Waals surface area (Å²) in [7, 11) is 1.17. The van der Waals surface area contributed by atoms with E-state index in [-0.39, 0.29) is 40.7 Å². The summed E-state index contributed by atoms with van der Waals surface area (Å²) in [5.41, 5.74) is 8.64. The number of carbonyl (C=O) groups is 3. The molecule has 52 heavy (non-hydrogen) atoms. The number of urea groups is 1. The van der Waals surface area contributed by atoms with Crippen molar-refractivity contribution < 1.29 is 41.8 Å². The van der Waals surface area contributed by atoms with Gasteiger partial charge in [-0.05, 0) is 61.0 Å². The minimum atomic E-state index is -2.82. The number of hydrogen-bond acceptors (Lipinski definition) is 9. The molecule has 0 saturated carbocycles. The second kappa shape index (κ2) is 15.0. The smallest absolute Gasteiger partial charge is 0.328 e. The number of ether oxygens (including phenoxy) is 3. The number of hydrogen-bond donors (Lipinski definition) is 5. The van der Waals surface area contributed by atoms with Crippen LogP contribution < -0.4 is 25.8 Å². The molecule has 0 bridgehead atoms. The number of esters is 1. The number of anilines is 2. The van der Waals surface area contributed by atoms with Crippen molar-refractivity contribution in [3.63, 3.8) is 0 Å². The van der Waals surface area contributed by atoms with Crippen molar-refractivity contribution in [3.8, 4) is 22.9 Å². The Balaban J connectivity index is 1.23. The minimum absolute atomic E-state index is 0.0260. The molecule has 6 N–H and O–H groups in total. The summed E-state index contributed by atoms with van der Waals surface area (Å²) in [6.45, 7) is 0.798. The Labute approximate surface area is 293 Å². The van der Waals surface area contributed by atoms with Gasteiger partial charge in [-0.3, -0.25) is 4.79 Å². The van der Waals surface area contributed by atoms with Crippen LogP contribution in [-0.2, 0) is 16.0 Å². The number of halogens is 3. The molecule has 17 heteroatoms. The predicted octanol–water partition coefficient (Wildman–Crippen LogP) is 5.68. The number of aryl methyl sites for hydroxylation is 1. The Hall–Kier alpha value is -6.78. The highest BCUT2D eigenvalue weighted by molar-refractivity contribution is 6.13. The molecule has 3 heterocycles. The van der Waals surface area contributed by atoms with E-state index in [1.807, 2.05) is 0 Å². The number of H-pyrrole nitrogens is 2. The van der Waals surface area contributed by atoms with Crippen molar-refractivity contribution in [2.45, 2.75) is 25.8 Å². The van der Waals surface area contributed by atoms with Crippen molar-refractivity contribution in [2.24, 2.45) is 0 Å². The highest BCUT2D eigenvalue weighted by Gasteiger charge is 2.25. The van der Waals surface area contributed by atoms with Crippen LogP contribution in [0.1, 0.15) is 27.3 Å². The number of carbonyl (C=O) groups excluding carboxylic acids is 3. The summed E-state index contributed by atoms with van der Waals surface area (Å²) in [4.78, 5) is 48.8. The lowest BCUT2D eigenvalue weighted by atomic mass is 10.1. The molecule has 0 aliphatic carbocycles. The maximum Gasteiger partial charge on any atom is 0.328 e. The van der Waals surface area contributed by atoms with E-state index >= 15 is 0 Å². The first-order valence-electron chi connectivity index (χ1n) is 15.6. The average Bonchev–Trinajstić information content (AvgIpc) is 3.88. The van der Waals surface area contributed by atoms with E-state index in [4.69, 9.17) is 19.9 Å². The van der Waals surface area contributed by atoms with Gasteiger partial charge in [0.1, 0.15) is 30.0 Å². The van der Waals surface area contributed by atoms with Crippen LogP contribution in [0, 0.1) is 12.7 Å². The van der Waals surface area contributed by atoms with Gasteiger partial charge in [-0.25, -0.2) is 32.4 Å². The van der Waals surface area contributed by atoms with Crippen LogP contribution in [0.25, 0.3) is 16.6 Å². The Kier molecular flexibility index (Phi) is 10.1. The van der Waals surface area contributed by atoms with E-state index in [1.165, 1.54) is 60.8 Å². The lowest BCUT2D eigenvalue weighted by molar-refractivity contribution is -0.142. The monoisotopic (exact) mass is 716 g/mol. The summed E-state index contributed by atoms with van der Waals surface area (Å²) < 4.78 is 57.5. The third-order valence-electron chi connectivity index (χ3n) is 7.86. The van der Waals surface area contributed by atoms with Crippen molar-refractivity contribution in [2.75, 3.05) is 24.8 Å². The molecular weight excluding hydrogens is 685 g/mol. The molecule has 2 amide bonds. The normalized spacial score (nSPS) is 11.7. The number of aromatic nitrogens is 5. The number of imidazole rings is 1. The fourth-order valence-corrected chi connectivity index (χ4v) is 5.37. The van der Waals surface area contributed by atoms with Gasteiger partial charge < -0.3 is 40.5 Å². The SMILES string of the molecule is COC(=O)[C@@H](Cc1cnc[nH]1)NC(=O)Nc1cc2[nH]c(C(=O)c3cnn(-c4ccc(Oc5ccccc5F)cc4C)c3N)cc2cc1OCC(F)F. The third kappa shape index (κ3) is 7.67. The highest BCUT2D eigenvalue weighted by atomic mass is 19.3. The lowest BCUT2D eigenvalue weighted by Crippen LogP contribution is -2.45. The van der Waals surface area contributed by atoms with Gasteiger partial charge >= 0.3 is 12.0 Å². The quantitative estimate of drug-likeness (QED) is 0.0739. The zero-order valence-electron chi connectivity index (χ0n) is 27.6. The highest BCUT2D eigenvalue weighted by Crippen LogP contribution is 2.33. The Morgan fingerprint density at radius 2 is 1.85 bits per heavy atom. The van der Waals surface area contributed by atoms with E-state index in [9.17, 15) is 27.6 Å². The molecule has 1 atom stereocenters. The average molecular weight is 717 g/mol. The van der Waals surface area contributed by atoms with Crippen LogP contribution in [0.3, 0.4) is 0 Å². The van der Waals surface area contributed by atoms with Crippen molar-refractivity contribution in [3.05, 3.63) is 108 Å². The first-order chi connectivity index (χ1) is 25.0. The lowest BCUT2D eigenvalue weighted by Gasteiger charge is -2.18. The van der Waals surface area contributed by atoms with Crippen LogP contribution >= 0.6 is 0 Å². The van der Waals surface area contributed by atoms with Crippen molar-refractivity contribution in [1.29, 1.82) is 0 Å². The number of benzene rings is 3. The first kappa shape index (κ1) is 35.1. The molecule has 0 fully saturated rings. The van der Waals surface area contributed by atoms with E-state index in [1.54, 1.807) is 37.3 Å². The van der Waals surface area contributed by atoms with Gasteiger partial charge in [0.15, 0.2) is 11.6 Å². The molecule has 3 aromatic heterocycles. The number of nitrogens with one attached hydrogen (secondary N) is 4. The Morgan fingerprint density at radius 3 is 2.56 bits per heavy atom. The van der Waals surface area contributed by atoms with Gasteiger partial charge in [-0.15, -0.1) is 0 Å². The second-order valence-electron chi connectivity index (χ2n) is 11.4. The van der Waals surface area contributed by atoms with Crippen molar-refractivity contribution in [1.82, 2.24) is 30.0 Å². The summed E-state index contributed by atoms with van der Waals surface area (Å²) in [6.07, 6.45) is 1.41. The topological polar surface area (TPSA) is 191 Å². The van der Waals surface area contributed by atoms with E-state index in [0.29, 0.717) is 33.6 Å². The number of rotatable bonds is 13. The maximum absolute atomic E-state index is 14.1. The summed E-state index contributed by atoms with van der Waals surface area (Å²) in [6, 6.07) is 13.2. The number of nitrogen functional groups attached to an aromatic ring is 1. The number of para-hydroxylation sites is 1. The maximum atomic E-state index is 14.1. The van der Waals surface area contributed by atoms with Gasteiger partial charge in [-0.1, -0.05) is 12.1 Å². The fourth-order valence-electron chi connectivity index (χ4n) is 5.37.